The van der Waals surface area contributed by atoms with Crippen molar-refractivity contribution >= 4 is 17.1 Å². The molecule has 0 aliphatic heterocycles. The van der Waals surface area contributed by atoms with Gasteiger partial charge in [0.15, 0.2) is 0 Å². The van der Waals surface area contributed by atoms with Gasteiger partial charge in [-0.3, -0.25) is 0 Å². The zero-order chi connectivity index (χ0) is 15.4. The number of hydrogen-bond acceptors (Lipinski definition) is 2. The standard InChI is InChI=1S/C14H15NO.2C2H6/c1-15-14(10-16)9-11-6-7-12-4-2-3-5-13(12)8-11;2*1-2/h2-8,10,14-15H,9H2,1H3;2*1-2H3/t14-;;/m0../s1. The Morgan fingerprint density at radius 2 is 1.60 bits per heavy atom. The molecule has 2 nitrogen and oxygen atoms in total. The summed E-state index contributed by atoms with van der Waals surface area (Å²) in [6.45, 7) is 8.00. The van der Waals surface area contributed by atoms with Gasteiger partial charge in [0.2, 0.25) is 0 Å². The number of aldehydes is 1. The van der Waals surface area contributed by atoms with Gasteiger partial charge >= 0.3 is 0 Å². The molecule has 20 heavy (non-hydrogen) atoms. The van der Waals surface area contributed by atoms with Crippen molar-refractivity contribution in [1.29, 1.82) is 0 Å². The summed E-state index contributed by atoms with van der Waals surface area (Å²) in [7, 11) is 1.81. The lowest BCUT2D eigenvalue weighted by Gasteiger charge is -2.09. The van der Waals surface area contributed by atoms with Crippen LogP contribution in [0.1, 0.15) is 33.3 Å². The van der Waals surface area contributed by atoms with Crippen LogP contribution in [0.5, 0.6) is 0 Å². The van der Waals surface area contributed by atoms with E-state index in [0.717, 1.165) is 12.7 Å². The van der Waals surface area contributed by atoms with Crippen molar-refractivity contribution in [2.24, 2.45) is 0 Å². The van der Waals surface area contributed by atoms with Crippen LogP contribution in [0.3, 0.4) is 0 Å². The van der Waals surface area contributed by atoms with Gasteiger partial charge in [0.05, 0.1) is 6.04 Å². The van der Waals surface area contributed by atoms with Crippen LogP contribution in [-0.4, -0.2) is 19.4 Å². The maximum Gasteiger partial charge on any atom is 0.137 e. The second-order valence-corrected chi connectivity index (χ2v) is 3.92. The second-order valence-electron chi connectivity index (χ2n) is 3.92. The molecule has 0 heterocycles. The molecule has 0 amide bonds. The summed E-state index contributed by atoms with van der Waals surface area (Å²) in [5, 5.41) is 5.44. The minimum Gasteiger partial charge on any atom is -0.311 e. The summed E-state index contributed by atoms with van der Waals surface area (Å²) in [5.74, 6) is 0. The van der Waals surface area contributed by atoms with Crippen molar-refractivity contribution < 1.29 is 4.79 Å². The van der Waals surface area contributed by atoms with E-state index in [9.17, 15) is 4.79 Å². The largest absolute Gasteiger partial charge is 0.311 e. The Morgan fingerprint density at radius 3 is 2.15 bits per heavy atom. The van der Waals surface area contributed by atoms with Crippen molar-refractivity contribution in [3.05, 3.63) is 48.0 Å². The molecule has 0 bridgehead atoms. The Morgan fingerprint density at radius 1 is 1.00 bits per heavy atom. The van der Waals surface area contributed by atoms with E-state index in [4.69, 9.17) is 0 Å². The van der Waals surface area contributed by atoms with Crippen molar-refractivity contribution in [3.63, 3.8) is 0 Å². The number of benzene rings is 2. The summed E-state index contributed by atoms with van der Waals surface area (Å²) in [5.41, 5.74) is 1.19. The lowest BCUT2D eigenvalue weighted by molar-refractivity contribution is -0.109. The SMILES string of the molecule is CC.CC.CN[C@H](C=O)Cc1ccc2ccccc2c1. The van der Waals surface area contributed by atoms with E-state index in [1.807, 2.05) is 39.8 Å². The van der Waals surface area contributed by atoms with Gasteiger partial charge in [-0.15, -0.1) is 0 Å². The maximum absolute atomic E-state index is 10.7. The van der Waals surface area contributed by atoms with E-state index < -0.39 is 0 Å². The van der Waals surface area contributed by atoms with Crippen molar-refractivity contribution in [1.82, 2.24) is 5.32 Å². The normalized spacial score (nSPS) is 10.7. The van der Waals surface area contributed by atoms with Gasteiger partial charge < -0.3 is 10.1 Å². The summed E-state index contributed by atoms with van der Waals surface area (Å²) in [4.78, 5) is 10.7. The monoisotopic (exact) mass is 273 g/mol. The molecule has 0 aliphatic rings. The number of carbonyl (C=O) groups excluding carboxylic acids is 1. The Kier molecular flexibility index (Phi) is 10.2. The van der Waals surface area contributed by atoms with E-state index in [2.05, 4.69) is 35.6 Å². The predicted octanol–water partition coefficient (Wildman–Crippen LogP) is 4.22. The van der Waals surface area contributed by atoms with E-state index in [1.54, 1.807) is 7.05 Å². The molecule has 110 valence electrons. The number of hydrogen-bond donors (Lipinski definition) is 1. The predicted molar refractivity (Wildman–Crippen MR) is 89.3 cm³/mol. The number of rotatable bonds is 4. The van der Waals surface area contributed by atoms with Gasteiger partial charge in [0.25, 0.3) is 0 Å². The molecule has 1 atom stereocenters. The number of fused-ring (bicyclic) bond motifs is 1. The molecule has 2 rings (SSSR count). The zero-order valence-electron chi connectivity index (χ0n) is 13.3. The highest BCUT2D eigenvalue weighted by molar-refractivity contribution is 5.83. The lowest BCUT2D eigenvalue weighted by atomic mass is 10.0. The summed E-state index contributed by atoms with van der Waals surface area (Å²) >= 11 is 0. The first-order chi connectivity index (χ1) is 9.83. The third kappa shape index (κ3) is 5.54. The number of carbonyl (C=O) groups is 1. The number of likely N-dealkylation sites (N-methyl/N-ethyl adjacent to an activating group) is 1. The average molecular weight is 273 g/mol. The van der Waals surface area contributed by atoms with Crippen LogP contribution in [-0.2, 0) is 11.2 Å². The summed E-state index contributed by atoms with van der Waals surface area (Å²) < 4.78 is 0. The number of nitrogens with one attached hydrogen (secondary N) is 1. The van der Waals surface area contributed by atoms with Gasteiger partial charge in [-0.1, -0.05) is 70.2 Å². The fourth-order valence-electron chi connectivity index (χ4n) is 1.84. The zero-order valence-corrected chi connectivity index (χ0v) is 13.3. The van der Waals surface area contributed by atoms with E-state index >= 15 is 0 Å². The van der Waals surface area contributed by atoms with E-state index in [0.29, 0.717) is 0 Å². The first-order valence-electron chi connectivity index (χ1n) is 7.43. The Bertz CT molecular complexity index is 493. The molecule has 2 heteroatoms. The molecule has 0 saturated heterocycles. The van der Waals surface area contributed by atoms with Crippen molar-refractivity contribution in [3.8, 4) is 0 Å². The molecular formula is C18H27NO. The molecule has 0 fully saturated rings. The molecule has 0 spiro atoms. The minimum atomic E-state index is -0.0961. The van der Waals surface area contributed by atoms with Crippen molar-refractivity contribution in [2.75, 3.05) is 7.05 Å². The molecule has 0 aliphatic carbocycles. The fraction of sp³-hybridized carbons (Fsp3) is 0.389. The molecule has 0 aromatic heterocycles. The third-order valence-corrected chi connectivity index (χ3v) is 2.80. The quantitative estimate of drug-likeness (QED) is 0.845. The molecule has 2 aromatic rings. The van der Waals surface area contributed by atoms with Crippen LogP contribution in [0.4, 0.5) is 0 Å². The highest BCUT2D eigenvalue weighted by atomic mass is 16.1. The second kappa shape index (κ2) is 11.2. The fourth-order valence-corrected chi connectivity index (χ4v) is 1.84. The van der Waals surface area contributed by atoms with Crippen LogP contribution >= 0.6 is 0 Å². The molecular weight excluding hydrogens is 246 g/mol. The minimum absolute atomic E-state index is 0.0961. The molecule has 2 aromatic carbocycles. The third-order valence-electron chi connectivity index (χ3n) is 2.80. The maximum atomic E-state index is 10.7. The first-order valence-corrected chi connectivity index (χ1v) is 7.43. The van der Waals surface area contributed by atoms with Gasteiger partial charge in [0, 0.05) is 0 Å². The highest BCUT2D eigenvalue weighted by Gasteiger charge is 2.05. The molecule has 0 radical (unpaired) electrons. The van der Waals surface area contributed by atoms with Crippen LogP contribution in [0.15, 0.2) is 42.5 Å². The van der Waals surface area contributed by atoms with E-state index in [1.165, 1.54) is 16.3 Å². The topological polar surface area (TPSA) is 29.1 Å². The van der Waals surface area contributed by atoms with Gasteiger partial charge in [-0.05, 0) is 29.8 Å². The molecule has 0 saturated carbocycles. The Labute approximate surface area is 123 Å². The highest BCUT2D eigenvalue weighted by Crippen LogP contribution is 2.16. The summed E-state index contributed by atoms with van der Waals surface area (Å²) in [6.07, 6.45) is 1.69. The van der Waals surface area contributed by atoms with Crippen LogP contribution in [0.25, 0.3) is 10.8 Å². The first kappa shape index (κ1) is 18.3. The van der Waals surface area contributed by atoms with Gasteiger partial charge in [-0.25, -0.2) is 0 Å². The Balaban J connectivity index is 0.000000829. The molecule has 1 N–H and O–H groups in total. The van der Waals surface area contributed by atoms with Gasteiger partial charge in [0.1, 0.15) is 6.29 Å². The molecule has 0 unspecified atom stereocenters. The van der Waals surface area contributed by atoms with Crippen molar-refractivity contribution in [2.45, 2.75) is 40.2 Å². The summed E-state index contributed by atoms with van der Waals surface area (Å²) in [6, 6.07) is 14.5. The average Bonchev–Trinajstić information content (AvgIpc) is 2.56. The van der Waals surface area contributed by atoms with E-state index in [-0.39, 0.29) is 6.04 Å². The van der Waals surface area contributed by atoms with Crippen LogP contribution in [0.2, 0.25) is 0 Å². The lowest BCUT2D eigenvalue weighted by Crippen LogP contribution is -2.28. The van der Waals surface area contributed by atoms with Gasteiger partial charge in [-0.2, -0.15) is 0 Å². The van der Waals surface area contributed by atoms with Crippen LogP contribution < -0.4 is 5.32 Å². The smallest absolute Gasteiger partial charge is 0.137 e. The Hall–Kier alpha value is -1.67. The van der Waals surface area contributed by atoms with Crippen LogP contribution in [0, 0.1) is 0 Å².